The smallest absolute Gasteiger partial charge is 0.410 e. The molecule has 0 aromatic carbocycles. The average molecular weight is 488 g/mol. The van der Waals surface area contributed by atoms with Gasteiger partial charge in [-0.2, -0.15) is 0 Å². The van der Waals surface area contributed by atoms with Crippen LogP contribution in [0.15, 0.2) is 45.3 Å². The van der Waals surface area contributed by atoms with Crippen LogP contribution in [-0.2, 0) is 11.2 Å². The number of carbonyl (C=O) groups excluding carboxylic acids is 2. The summed E-state index contributed by atoms with van der Waals surface area (Å²) >= 11 is 1.63. The predicted octanol–water partition coefficient (Wildman–Crippen LogP) is 6.18. The highest BCUT2D eigenvalue weighted by Gasteiger charge is 2.23. The maximum atomic E-state index is 13.1. The number of unbranched alkanes of at least 4 members (excludes halogenated alkanes) is 1. The van der Waals surface area contributed by atoms with Gasteiger partial charge in [-0.25, -0.2) is 9.59 Å². The first-order valence-corrected chi connectivity index (χ1v) is 12.3. The molecule has 8 heteroatoms. The molecular formula is C26H33NO6S. The van der Waals surface area contributed by atoms with E-state index in [1.807, 2.05) is 19.9 Å². The maximum absolute atomic E-state index is 13.1. The summed E-state index contributed by atoms with van der Waals surface area (Å²) in [5, 5.41) is 13.0. The summed E-state index contributed by atoms with van der Waals surface area (Å²) < 4.78 is 9.87. The van der Waals surface area contributed by atoms with E-state index >= 15 is 0 Å². The number of ether oxygens (including phenoxy) is 1. The second-order valence-electron chi connectivity index (χ2n) is 7.97. The first-order valence-electron chi connectivity index (χ1n) is 11.5. The Bertz CT molecular complexity index is 1090. The Morgan fingerprint density at radius 3 is 2.71 bits per heavy atom. The summed E-state index contributed by atoms with van der Waals surface area (Å²) in [6, 6.07) is 5.38. The number of aryl methyl sites for hydroxylation is 1. The molecule has 1 atom stereocenters. The van der Waals surface area contributed by atoms with E-state index in [1.165, 1.54) is 24.3 Å². The number of Topliss-reactive ketones (excluding diaryl/α,β-unsaturated/α-hetero) is 1. The molecule has 0 saturated heterocycles. The second-order valence-corrected chi connectivity index (χ2v) is 9.17. The largest absolute Gasteiger partial charge is 0.507 e. The topological polar surface area (TPSA) is 106 Å². The molecule has 0 aliphatic rings. The van der Waals surface area contributed by atoms with Crippen molar-refractivity contribution in [3.05, 3.63) is 67.5 Å². The number of alkyl carbamates (subject to hydrolysis) is 1. The Kier molecular flexibility index (Phi) is 10.8. The molecular weight excluding hydrogens is 454 g/mol. The molecule has 7 nitrogen and oxygen atoms in total. The van der Waals surface area contributed by atoms with Crippen molar-refractivity contribution in [3.63, 3.8) is 0 Å². The fraction of sp³-hybridized carbons (Fsp3) is 0.423. The van der Waals surface area contributed by atoms with Gasteiger partial charge in [0.05, 0.1) is 7.11 Å². The van der Waals surface area contributed by atoms with E-state index in [-0.39, 0.29) is 17.2 Å². The van der Waals surface area contributed by atoms with Gasteiger partial charge in [0.1, 0.15) is 17.1 Å². The summed E-state index contributed by atoms with van der Waals surface area (Å²) in [5.74, 6) is -0.776. The van der Waals surface area contributed by atoms with Crippen molar-refractivity contribution in [1.82, 2.24) is 5.32 Å². The number of rotatable bonds is 12. The van der Waals surface area contributed by atoms with E-state index in [0.29, 0.717) is 30.6 Å². The van der Waals surface area contributed by atoms with Crippen molar-refractivity contribution >= 4 is 29.3 Å². The molecule has 2 heterocycles. The van der Waals surface area contributed by atoms with Crippen molar-refractivity contribution in [2.24, 2.45) is 0 Å². The van der Waals surface area contributed by atoms with Gasteiger partial charge in [0, 0.05) is 33.5 Å². The molecule has 0 saturated carbocycles. The highest BCUT2D eigenvalue weighted by atomic mass is 32.1. The first-order chi connectivity index (χ1) is 16.3. The van der Waals surface area contributed by atoms with Crippen LogP contribution in [0.5, 0.6) is 5.75 Å². The predicted molar refractivity (Wildman–Crippen MR) is 135 cm³/mol. The van der Waals surface area contributed by atoms with E-state index < -0.39 is 17.5 Å². The molecule has 34 heavy (non-hydrogen) atoms. The van der Waals surface area contributed by atoms with Crippen LogP contribution in [0.3, 0.4) is 0 Å². The van der Waals surface area contributed by atoms with Gasteiger partial charge in [-0.1, -0.05) is 33.3 Å². The number of nitrogens with one attached hydrogen (secondary N) is 1. The third-order valence-corrected chi connectivity index (χ3v) is 6.47. The Morgan fingerprint density at radius 2 is 2.06 bits per heavy atom. The Morgan fingerprint density at radius 1 is 1.29 bits per heavy atom. The zero-order chi connectivity index (χ0) is 25.1. The van der Waals surface area contributed by atoms with Crippen LogP contribution in [0.25, 0.3) is 6.08 Å². The first kappa shape index (κ1) is 27.1. The minimum absolute atomic E-state index is 0.181. The third kappa shape index (κ3) is 7.73. The van der Waals surface area contributed by atoms with Gasteiger partial charge in [-0.15, -0.1) is 11.3 Å². The van der Waals surface area contributed by atoms with Gasteiger partial charge in [-0.3, -0.25) is 10.1 Å². The summed E-state index contributed by atoms with van der Waals surface area (Å²) in [6.07, 6.45) is 9.32. The van der Waals surface area contributed by atoms with Crippen LogP contribution in [0.1, 0.15) is 84.7 Å². The molecule has 0 fully saturated rings. The minimum atomic E-state index is -0.844. The summed E-state index contributed by atoms with van der Waals surface area (Å²) in [6.45, 7) is 5.84. The number of carbonyl (C=O) groups is 2. The number of amides is 1. The number of hydrogen-bond donors (Lipinski definition) is 2. The van der Waals surface area contributed by atoms with E-state index in [9.17, 15) is 19.5 Å². The molecule has 2 rings (SSSR count). The zero-order valence-corrected chi connectivity index (χ0v) is 21.0. The van der Waals surface area contributed by atoms with Gasteiger partial charge in [0.25, 0.3) is 0 Å². The molecule has 2 N–H and O–H groups in total. The SMILES string of the molecule is CCCCc1ccc(/C=C(\CC)C(=O)c2c(O)cc(C(C)CC/C=C/NC(=O)OC)oc2=O)s1. The summed E-state index contributed by atoms with van der Waals surface area (Å²) in [4.78, 5) is 38.9. The highest BCUT2D eigenvalue weighted by Crippen LogP contribution is 2.28. The summed E-state index contributed by atoms with van der Waals surface area (Å²) in [5.41, 5.74) is -0.742. The van der Waals surface area contributed by atoms with Crippen LogP contribution < -0.4 is 10.9 Å². The lowest BCUT2D eigenvalue weighted by Crippen LogP contribution is -2.17. The van der Waals surface area contributed by atoms with Crippen LogP contribution in [-0.4, -0.2) is 24.1 Å². The third-order valence-electron chi connectivity index (χ3n) is 5.38. The van der Waals surface area contributed by atoms with Gasteiger partial charge in [-0.05, 0) is 50.3 Å². The number of aromatic hydroxyl groups is 1. The Balaban J connectivity index is 2.14. The molecule has 0 aliphatic carbocycles. The van der Waals surface area contributed by atoms with Gasteiger partial charge >= 0.3 is 11.7 Å². The zero-order valence-electron chi connectivity index (χ0n) is 20.2. The van der Waals surface area contributed by atoms with E-state index in [1.54, 1.807) is 23.5 Å². The standard InChI is InChI=1S/C26H33NO6S/c1-5-7-11-19-12-13-20(34-19)15-18(6-2)24(29)23-21(28)16-22(33-25(23)30)17(3)10-8-9-14-27-26(31)32-4/h9,12-17,28H,5-8,10-11H2,1-4H3,(H,27,31)/b14-9+,18-15+. The normalized spacial score (nSPS) is 12.6. The minimum Gasteiger partial charge on any atom is -0.507 e. The van der Waals surface area contributed by atoms with E-state index in [2.05, 4.69) is 23.0 Å². The molecule has 1 unspecified atom stereocenters. The van der Waals surface area contributed by atoms with Crippen molar-refractivity contribution in [1.29, 1.82) is 0 Å². The fourth-order valence-corrected chi connectivity index (χ4v) is 4.35. The van der Waals surface area contributed by atoms with E-state index in [0.717, 1.165) is 24.1 Å². The van der Waals surface area contributed by atoms with Crippen molar-refractivity contribution in [2.45, 2.75) is 65.2 Å². The second kappa shape index (κ2) is 13.5. The quantitative estimate of drug-likeness (QED) is 0.274. The van der Waals surface area contributed by atoms with Crippen LogP contribution >= 0.6 is 11.3 Å². The van der Waals surface area contributed by atoms with Crippen molar-refractivity contribution in [3.8, 4) is 5.75 Å². The molecule has 0 aliphatic heterocycles. The maximum Gasteiger partial charge on any atom is 0.410 e. The highest BCUT2D eigenvalue weighted by molar-refractivity contribution is 7.12. The number of ketones is 1. The van der Waals surface area contributed by atoms with Crippen LogP contribution in [0.2, 0.25) is 0 Å². The lowest BCUT2D eigenvalue weighted by molar-refractivity contribution is 0.102. The van der Waals surface area contributed by atoms with Gasteiger partial charge in [0.15, 0.2) is 5.78 Å². The fourth-order valence-electron chi connectivity index (χ4n) is 3.33. The Labute approximate surface area is 204 Å². The number of hydrogen-bond acceptors (Lipinski definition) is 7. The monoisotopic (exact) mass is 487 g/mol. The molecule has 2 aromatic rings. The van der Waals surface area contributed by atoms with Crippen molar-refractivity contribution in [2.75, 3.05) is 7.11 Å². The van der Waals surface area contributed by atoms with Crippen LogP contribution in [0.4, 0.5) is 4.79 Å². The number of methoxy groups -OCH3 is 1. The molecule has 2 aromatic heterocycles. The summed E-state index contributed by atoms with van der Waals surface area (Å²) in [7, 11) is 1.28. The lowest BCUT2D eigenvalue weighted by atomic mass is 9.98. The Hall–Kier alpha value is -3.13. The molecule has 0 radical (unpaired) electrons. The van der Waals surface area contributed by atoms with E-state index in [4.69, 9.17) is 4.42 Å². The molecule has 1 amide bonds. The van der Waals surface area contributed by atoms with Crippen LogP contribution in [0, 0.1) is 0 Å². The van der Waals surface area contributed by atoms with Gasteiger partial charge in [0.2, 0.25) is 0 Å². The average Bonchev–Trinajstić information content (AvgIpc) is 3.27. The number of thiophene rings is 1. The van der Waals surface area contributed by atoms with Crippen molar-refractivity contribution < 1.29 is 23.8 Å². The lowest BCUT2D eigenvalue weighted by Gasteiger charge is -2.11. The molecule has 0 bridgehead atoms. The molecule has 0 spiro atoms. The number of allylic oxidation sites excluding steroid dienone is 2. The van der Waals surface area contributed by atoms with Gasteiger partial charge < -0.3 is 14.3 Å². The molecule has 184 valence electrons.